The summed E-state index contributed by atoms with van der Waals surface area (Å²) in [6.45, 7) is 0.146. The van der Waals surface area contributed by atoms with Crippen molar-refractivity contribution in [2.24, 2.45) is 0 Å². The normalized spacial score (nSPS) is 10.6. The zero-order valence-corrected chi connectivity index (χ0v) is 12.7. The monoisotopic (exact) mass is 328 g/mol. The molecule has 0 fully saturated rings. The van der Waals surface area contributed by atoms with E-state index < -0.39 is 11.8 Å². The Morgan fingerprint density at radius 1 is 1.33 bits per heavy atom. The van der Waals surface area contributed by atoms with Crippen LogP contribution >= 0.6 is 0 Å². The highest BCUT2D eigenvalue weighted by Crippen LogP contribution is 2.23. The average Bonchev–Trinajstić information content (AvgIpc) is 2.99. The highest BCUT2D eigenvalue weighted by atomic mass is 19.1. The molecule has 0 radical (unpaired) electrons. The molecule has 24 heavy (non-hydrogen) atoms. The molecule has 2 heterocycles. The number of aromatic nitrogens is 4. The van der Waals surface area contributed by atoms with Gasteiger partial charge in [0, 0.05) is 6.20 Å². The molecular weight excluding hydrogens is 315 g/mol. The van der Waals surface area contributed by atoms with Crippen LogP contribution in [0.1, 0.15) is 16.1 Å². The Labute approximate surface area is 136 Å². The van der Waals surface area contributed by atoms with Crippen LogP contribution in [0.2, 0.25) is 0 Å². The Kier molecular flexibility index (Phi) is 4.19. The summed E-state index contributed by atoms with van der Waals surface area (Å²) in [6.07, 6.45) is 1.55. The van der Waals surface area contributed by atoms with Crippen LogP contribution < -0.4 is 4.74 Å². The van der Waals surface area contributed by atoms with Gasteiger partial charge in [-0.15, -0.1) is 5.10 Å². The first kappa shape index (κ1) is 15.6. The van der Waals surface area contributed by atoms with Gasteiger partial charge in [-0.25, -0.2) is 13.9 Å². The second-order valence-corrected chi connectivity index (χ2v) is 4.93. The van der Waals surface area contributed by atoms with Gasteiger partial charge >= 0.3 is 5.97 Å². The molecule has 8 heteroatoms. The number of carboxylic acid groups (broad SMARTS) is 1. The highest BCUT2D eigenvalue weighted by Gasteiger charge is 2.21. The molecule has 0 unspecified atom stereocenters. The molecular formula is C16H13FN4O3. The van der Waals surface area contributed by atoms with Crippen molar-refractivity contribution in [3.8, 4) is 17.1 Å². The van der Waals surface area contributed by atoms with Crippen molar-refractivity contribution in [2.45, 2.75) is 6.54 Å². The van der Waals surface area contributed by atoms with Crippen molar-refractivity contribution in [1.82, 2.24) is 20.0 Å². The van der Waals surface area contributed by atoms with Crippen LogP contribution in [-0.4, -0.2) is 38.2 Å². The maximum Gasteiger partial charge on any atom is 0.358 e. The van der Waals surface area contributed by atoms with Gasteiger partial charge in [0.2, 0.25) is 0 Å². The Balaban J connectivity index is 2.03. The maximum absolute atomic E-state index is 13.8. The van der Waals surface area contributed by atoms with E-state index in [1.54, 1.807) is 30.5 Å². The van der Waals surface area contributed by atoms with Crippen molar-refractivity contribution in [2.75, 3.05) is 7.11 Å². The minimum Gasteiger partial charge on any atom is -0.494 e. The lowest BCUT2D eigenvalue weighted by Crippen LogP contribution is -2.07. The van der Waals surface area contributed by atoms with Gasteiger partial charge in [-0.05, 0) is 29.8 Å². The molecule has 0 aliphatic rings. The van der Waals surface area contributed by atoms with Crippen LogP contribution in [0.25, 0.3) is 11.4 Å². The summed E-state index contributed by atoms with van der Waals surface area (Å²) in [4.78, 5) is 15.5. The summed E-state index contributed by atoms with van der Waals surface area (Å²) >= 11 is 0. The molecule has 1 aromatic carbocycles. The summed E-state index contributed by atoms with van der Waals surface area (Å²) in [5, 5.41) is 16.9. The zero-order valence-electron chi connectivity index (χ0n) is 12.7. The number of rotatable bonds is 5. The van der Waals surface area contributed by atoms with Crippen molar-refractivity contribution >= 4 is 5.97 Å². The van der Waals surface area contributed by atoms with Crippen molar-refractivity contribution < 1.29 is 19.0 Å². The summed E-state index contributed by atoms with van der Waals surface area (Å²) < 4.78 is 20.1. The van der Waals surface area contributed by atoms with E-state index in [1.165, 1.54) is 23.9 Å². The van der Waals surface area contributed by atoms with Crippen LogP contribution in [0.4, 0.5) is 4.39 Å². The lowest BCUT2D eigenvalue weighted by molar-refractivity contribution is 0.0691. The van der Waals surface area contributed by atoms with Crippen molar-refractivity contribution in [3.05, 3.63) is 59.7 Å². The molecule has 3 aromatic rings. The second kappa shape index (κ2) is 6.45. The zero-order chi connectivity index (χ0) is 17.1. The number of hydrogen-bond acceptors (Lipinski definition) is 5. The van der Waals surface area contributed by atoms with E-state index in [1.807, 2.05) is 0 Å². The van der Waals surface area contributed by atoms with Gasteiger partial charge in [0.15, 0.2) is 17.3 Å². The van der Waals surface area contributed by atoms with E-state index in [0.717, 1.165) is 0 Å². The lowest BCUT2D eigenvalue weighted by Gasteiger charge is -2.08. The molecule has 0 amide bonds. The van der Waals surface area contributed by atoms with Crippen molar-refractivity contribution in [1.29, 1.82) is 0 Å². The second-order valence-electron chi connectivity index (χ2n) is 4.93. The number of aromatic carboxylic acids is 1. The van der Waals surface area contributed by atoms with Crippen molar-refractivity contribution in [3.63, 3.8) is 0 Å². The fraction of sp³-hybridized carbons (Fsp3) is 0.125. The van der Waals surface area contributed by atoms with E-state index in [9.17, 15) is 14.3 Å². The smallest absolute Gasteiger partial charge is 0.358 e. The average molecular weight is 328 g/mol. The molecule has 2 aromatic heterocycles. The number of methoxy groups -OCH3 is 1. The first-order valence-corrected chi connectivity index (χ1v) is 7.00. The third-order valence-corrected chi connectivity index (χ3v) is 3.39. The molecule has 0 bridgehead atoms. The summed E-state index contributed by atoms with van der Waals surface area (Å²) in [5.74, 6) is -1.58. The largest absolute Gasteiger partial charge is 0.494 e. The fourth-order valence-corrected chi connectivity index (χ4v) is 2.31. The Hall–Kier alpha value is -3.29. The van der Waals surface area contributed by atoms with Crippen LogP contribution in [-0.2, 0) is 6.54 Å². The van der Waals surface area contributed by atoms with Gasteiger partial charge in [0.05, 0.1) is 19.3 Å². The third kappa shape index (κ3) is 2.94. The number of benzene rings is 1. The first-order chi connectivity index (χ1) is 11.6. The van der Waals surface area contributed by atoms with Gasteiger partial charge in [0.1, 0.15) is 5.69 Å². The minimum atomic E-state index is -1.21. The molecule has 3 rings (SSSR count). The third-order valence-electron chi connectivity index (χ3n) is 3.39. The van der Waals surface area contributed by atoms with E-state index in [-0.39, 0.29) is 23.7 Å². The predicted molar refractivity (Wildman–Crippen MR) is 82.3 cm³/mol. The number of nitrogens with zero attached hydrogens (tertiary/aromatic N) is 4. The predicted octanol–water partition coefficient (Wildman–Crippen LogP) is 2.23. The first-order valence-electron chi connectivity index (χ1n) is 7.00. The number of carboxylic acids is 1. The van der Waals surface area contributed by atoms with Gasteiger partial charge < -0.3 is 9.84 Å². The number of halogens is 1. The van der Waals surface area contributed by atoms with Gasteiger partial charge in [-0.3, -0.25) is 4.98 Å². The quantitative estimate of drug-likeness (QED) is 0.772. The number of pyridine rings is 1. The Morgan fingerprint density at radius 2 is 2.17 bits per heavy atom. The molecule has 0 aliphatic carbocycles. The number of hydrogen-bond donors (Lipinski definition) is 1. The molecule has 122 valence electrons. The topological polar surface area (TPSA) is 90.1 Å². The molecule has 0 spiro atoms. The SMILES string of the molecule is COc1ccc(Cn2nnc(C(=O)O)c2-c2ccccn2)cc1F. The van der Waals surface area contributed by atoms with Crippen LogP contribution in [0.15, 0.2) is 42.6 Å². The van der Waals surface area contributed by atoms with E-state index in [0.29, 0.717) is 11.3 Å². The van der Waals surface area contributed by atoms with Crippen LogP contribution in [0, 0.1) is 5.82 Å². The minimum absolute atomic E-state index is 0.133. The van der Waals surface area contributed by atoms with Crippen LogP contribution in [0.5, 0.6) is 5.75 Å². The molecule has 1 N–H and O–H groups in total. The number of ether oxygens (including phenoxy) is 1. The fourth-order valence-electron chi connectivity index (χ4n) is 2.31. The molecule has 0 saturated heterocycles. The van der Waals surface area contributed by atoms with E-state index in [4.69, 9.17) is 4.74 Å². The van der Waals surface area contributed by atoms with E-state index in [2.05, 4.69) is 15.3 Å². The van der Waals surface area contributed by atoms with Crippen LogP contribution in [0.3, 0.4) is 0 Å². The molecule has 0 aliphatic heterocycles. The van der Waals surface area contributed by atoms with Gasteiger partial charge in [-0.2, -0.15) is 0 Å². The Morgan fingerprint density at radius 3 is 2.79 bits per heavy atom. The molecule has 0 saturated carbocycles. The summed E-state index contributed by atoms with van der Waals surface area (Å²) in [7, 11) is 1.38. The highest BCUT2D eigenvalue weighted by molar-refractivity contribution is 5.92. The molecule has 0 atom stereocenters. The molecule has 7 nitrogen and oxygen atoms in total. The Bertz CT molecular complexity index is 880. The summed E-state index contributed by atoms with van der Waals surface area (Å²) in [6, 6.07) is 9.60. The van der Waals surface area contributed by atoms with Gasteiger partial charge in [-0.1, -0.05) is 17.3 Å². The van der Waals surface area contributed by atoms with E-state index >= 15 is 0 Å². The van der Waals surface area contributed by atoms with Gasteiger partial charge in [0.25, 0.3) is 0 Å². The standard InChI is InChI=1S/C16H13FN4O3/c1-24-13-6-5-10(8-11(13)17)9-21-15(12-4-2-3-7-18-12)14(16(22)23)19-20-21/h2-8H,9H2,1H3,(H,22,23). The lowest BCUT2D eigenvalue weighted by atomic mass is 10.2. The summed E-state index contributed by atoms with van der Waals surface area (Å²) in [5.41, 5.74) is 1.07. The maximum atomic E-state index is 13.8. The number of carbonyl (C=O) groups is 1.